The maximum absolute atomic E-state index is 11.7. The van der Waals surface area contributed by atoms with Crippen molar-refractivity contribution in [3.05, 3.63) is 0 Å². The molecule has 0 radical (unpaired) electrons. The van der Waals surface area contributed by atoms with Gasteiger partial charge in [-0.1, -0.05) is 20.8 Å². The number of amides is 1. The Morgan fingerprint density at radius 2 is 1.85 bits per heavy atom. The fourth-order valence-corrected chi connectivity index (χ4v) is 2.84. The second-order valence-electron chi connectivity index (χ2n) is 6.51. The van der Waals surface area contributed by atoms with E-state index in [2.05, 4.69) is 26.1 Å². The van der Waals surface area contributed by atoms with Gasteiger partial charge in [-0.3, -0.25) is 4.79 Å². The number of rotatable bonds is 9. The first-order valence-corrected chi connectivity index (χ1v) is 9.27. The zero-order valence-corrected chi connectivity index (χ0v) is 14.1. The Balaban J connectivity index is 3.97. The minimum atomic E-state index is -2.94. The van der Waals surface area contributed by atoms with Gasteiger partial charge >= 0.3 is 0 Å². The highest BCUT2D eigenvalue weighted by molar-refractivity contribution is 7.90. The number of nitrogens with two attached hydrogens (primary N) is 1. The summed E-state index contributed by atoms with van der Waals surface area (Å²) in [6, 6.07) is 0. The summed E-state index contributed by atoms with van der Waals surface area (Å²) in [5.41, 5.74) is 5.76. The van der Waals surface area contributed by atoms with Crippen LogP contribution in [0.3, 0.4) is 0 Å². The van der Waals surface area contributed by atoms with Gasteiger partial charge in [-0.05, 0) is 37.1 Å². The van der Waals surface area contributed by atoms with Crippen molar-refractivity contribution >= 4 is 15.7 Å². The van der Waals surface area contributed by atoms with Crippen LogP contribution in [-0.4, -0.2) is 39.4 Å². The van der Waals surface area contributed by atoms with E-state index in [1.54, 1.807) is 0 Å². The van der Waals surface area contributed by atoms with Gasteiger partial charge in [0.1, 0.15) is 9.84 Å². The predicted molar refractivity (Wildman–Crippen MR) is 83.2 cm³/mol. The van der Waals surface area contributed by atoms with Crippen molar-refractivity contribution in [2.24, 2.45) is 17.1 Å². The molecular weight excluding hydrogens is 276 g/mol. The van der Waals surface area contributed by atoms with Crippen molar-refractivity contribution in [3.8, 4) is 0 Å². The zero-order chi connectivity index (χ0) is 15.8. The lowest BCUT2D eigenvalue weighted by Crippen LogP contribution is -2.29. The Kier molecular flexibility index (Phi) is 8.35. The summed E-state index contributed by atoms with van der Waals surface area (Å²) in [6.45, 7) is 7.55. The zero-order valence-electron chi connectivity index (χ0n) is 13.2. The molecule has 6 heteroatoms. The van der Waals surface area contributed by atoms with Crippen LogP contribution in [0.2, 0.25) is 0 Å². The first-order valence-electron chi connectivity index (χ1n) is 7.20. The smallest absolute Gasteiger partial charge is 0.220 e. The van der Waals surface area contributed by atoms with E-state index in [0.29, 0.717) is 31.8 Å². The third-order valence-electron chi connectivity index (χ3n) is 3.47. The van der Waals surface area contributed by atoms with Crippen LogP contribution in [0.15, 0.2) is 0 Å². The van der Waals surface area contributed by atoms with Crippen LogP contribution in [0.5, 0.6) is 0 Å². The van der Waals surface area contributed by atoms with Crippen LogP contribution in [0, 0.1) is 11.3 Å². The number of nitrogens with one attached hydrogen (secondary N) is 1. The van der Waals surface area contributed by atoms with Crippen LogP contribution >= 0.6 is 0 Å². The molecule has 0 saturated carbocycles. The topological polar surface area (TPSA) is 89.3 Å². The highest BCUT2D eigenvalue weighted by Crippen LogP contribution is 2.31. The van der Waals surface area contributed by atoms with Crippen LogP contribution in [0.1, 0.15) is 46.5 Å². The van der Waals surface area contributed by atoms with E-state index < -0.39 is 9.84 Å². The van der Waals surface area contributed by atoms with E-state index in [-0.39, 0.29) is 17.1 Å². The summed E-state index contributed by atoms with van der Waals surface area (Å²) in [5.74, 6) is 0.532. The van der Waals surface area contributed by atoms with E-state index in [9.17, 15) is 13.2 Å². The van der Waals surface area contributed by atoms with Gasteiger partial charge in [-0.2, -0.15) is 0 Å². The third kappa shape index (κ3) is 10.2. The second-order valence-corrected chi connectivity index (χ2v) is 8.77. The molecule has 0 heterocycles. The fraction of sp³-hybridized carbons (Fsp3) is 0.929. The summed E-state index contributed by atoms with van der Waals surface area (Å²) in [5, 5.41) is 2.77. The Morgan fingerprint density at radius 1 is 1.25 bits per heavy atom. The van der Waals surface area contributed by atoms with E-state index in [1.807, 2.05) is 0 Å². The third-order valence-corrected chi connectivity index (χ3v) is 4.50. The van der Waals surface area contributed by atoms with Crippen molar-refractivity contribution in [1.29, 1.82) is 0 Å². The van der Waals surface area contributed by atoms with E-state index in [4.69, 9.17) is 5.73 Å². The van der Waals surface area contributed by atoms with E-state index in [0.717, 1.165) is 12.8 Å². The Bertz CT molecular complexity index is 386. The highest BCUT2D eigenvalue weighted by atomic mass is 32.2. The minimum absolute atomic E-state index is 0.00947. The van der Waals surface area contributed by atoms with Gasteiger partial charge in [0, 0.05) is 19.2 Å². The van der Waals surface area contributed by atoms with Gasteiger partial charge in [0.15, 0.2) is 0 Å². The molecule has 0 spiro atoms. The van der Waals surface area contributed by atoms with Gasteiger partial charge in [-0.15, -0.1) is 0 Å². The monoisotopic (exact) mass is 306 g/mol. The van der Waals surface area contributed by atoms with E-state index >= 15 is 0 Å². The highest BCUT2D eigenvalue weighted by Gasteiger charge is 2.24. The molecule has 0 aliphatic rings. The van der Waals surface area contributed by atoms with Crippen molar-refractivity contribution in [3.63, 3.8) is 0 Å². The summed E-state index contributed by atoms with van der Waals surface area (Å²) < 4.78 is 21.9. The van der Waals surface area contributed by atoms with Gasteiger partial charge in [0.2, 0.25) is 5.91 Å². The lowest BCUT2D eigenvalue weighted by Gasteiger charge is -2.30. The summed E-state index contributed by atoms with van der Waals surface area (Å²) in [6.07, 6.45) is 3.88. The first-order chi connectivity index (χ1) is 9.06. The quantitative estimate of drug-likeness (QED) is 0.629. The molecule has 5 nitrogen and oxygen atoms in total. The summed E-state index contributed by atoms with van der Waals surface area (Å²) in [4.78, 5) is 11.7. The molecule has 0 aromatic heterocycles. The molecule has 0 aromatic carbocycles. The van der Waals surface area contributed by atoms with Crippen LogP contribution in [0.4, 0.5) is 0 Å². The maximum atomic E-state index is 11.7. The SMILES string of the molecule is CC(C)(C)C(CCN)CCC(=O)NCCCS(C)(=O)=O. The molecule has 0 fully saturated rings. The normalized spacial score (nSPS) is 14.1. The molecule has 1 unspecified atom stereocenters. The van der Waals surface area contributed by atoms with E-state index in [1.165, 1.54) is 6.26 Å². The van der Waals surface area contributed by atoms with Gasteiger partial charge < -0.3 is 11.1 Å². The van der Waals surface area contributed by atoms with Crippen LogP contribution < -0.4 is 11.1 Å². The maximum Gasteiger partial charge on any atom is 0.220 e. The Labute approximate surface area is 123 Å². The number of hydrogen-bond acceptors (Lipinski definition) is 4. The molecule has 1 amide bonds. The molecule has 20 heavy (non-hydrogen) atoms. The fourth-order valence-electron chi connectivity index (χ4n) is 2.17. The molecule has 1 atom stereocenters. The average Bonchev–Trinajstić information content (AvgIpc) is 2.27. The summed E-state index contributed by atoms with van der Waals surface area (Å²) in [7, 11) is -2.94. The molecule has 0 bridgehead atoms. The second kappa shape index (κ2) is 8.62. The molecule has 0 aliphatic carbocycles. The molecule has 0 saturated heterocycles. The molecule has 0 aromatic rings. The minimum Gasteiger partial charge on any atom is -0.356 e. The Morgan fingerprint density at radius 3 is 2.30 bits per heavy atom. The summed E-state index contributed by atoms with van der Waals surface area (Å²) >= 11 is 0. The van der Waals surface area contributed by atoms with Crippen molar-refractivity contribution in [1.82, 2.24) is 5.32 Å². The molecule has 3 N–H and O–H groups in total. The number of hydrogen-bond donors (Lipinski definition) is 2. The lowest BCUT2D eigenvalue weighted by molar-refractivity contribution is -0.121. The Hall–Kier alpha value is -0.620. The number of sulfone groups is 1. The van der Waals surface area contributed by atoms with Gasteiger partial charge in [-0.25, -0.2) is 8.42 Å². The van der Waals surface area contributed by atoms with Gasteiger partial charge in [0.25, 0.3) is 0 Å². The lowest BCUT2D eigenvalue weighted by atomic mass is 9.76. The number of carbonyl (C=O) groups is 1. The van der Waals surface area contributed by atoms with Crippen molar-refractivity contribution in [2.75, 3.05) is 25.1 Å². The van der Waals surface area contributed by atoms with Crippen LogP contribution in [0.25, 0.3) is 0 Å². The largest absolute Gasteiger partial charge is 0.356 e. The standard InChI is InChI=1S/C14H30N2O3S/c1-14(2,3)12(8-9-15)6-7-13(17)16-10-5-11-20(4,18)19/h12H,5-11,15H2,1-4H3,(H,16,17). The molecule has 0 aliphatic heterocycles. The van der Waals surface area contributed by atoms with Crippen molar-refractivity contribution < 1.29 is 13.2 Å². The van der Waals surface area contributed by atoms with Gasteiger partial charge in [0.05, 0.1) is 5.75 Å². The predicted octanol–water partition coefficient (Wildman–Crippen LogP) is 1.33. The molecular formula is C14H30N2O3S. The molecule has 120 valence electrons. The average molecular weight is 306 g/mol. The van der Waals surface area contributed by atoms with Crippen molar-refractivity contribution in [2.45, 2.75) is 46.5 Å². The number of carbonyl (C=O) groups excluding carboxylic acids is 1. The first kappa shape index (κ1) is 19.4. The molecule has 0 rings (SSSR count). The van der Waals surface area contributed by atoms with Crippen LogP contribution in [-0.2, 0) is 14.6 Å².